The summed E-state index contributed by atoms with van der Waals surface area (Å²) < 4.78 is 100. The number of halogens is 10. The molecule has 0 radical (unpaired) electrons. The van der Waals surface area contributed by atoms with Crippen LogP contribution in [0.15, 0.2) is 97.3 Å². The summed E-state index contributed by atoms with van der Waals surface area (Å²) >= 11 is 11.8. The minimum Gasteiger partial charge on any atom is -0.477 e. The minimum absolute atomic E-state index is 0. The molecule has 32 heteroatoms. The Morgan fingerprint density at radius 2 is 1.04 bits per heavy atom. The van der Waals surface area contributed by atoms with E-state index in [1.54, 1.807) is 84.3 Å². The number of fused-ring (bicyclic) bond motifs is 2. The van der Waals surface area contributed by atoms with Gasteiger partial charge in [0.05, 0.1) is 81.7 Å². The van der Waals surface area contributed by atoms with Gasteiger partial charge in [-0.05, 0) is 139 Å². The first-order valence-corrected chi connectivity index (χ1v) is 31.9. The number of anilines is 4. The summed E-state index contributed by atoms with van der Waals surface area (Å²) in [6, 6.07) is 18.7. The number of amides is 7. The number of nitrogens with zero attached hydrogens (tertiary/aromatic N) is 11. The van der Waals surface area contributed by atoms with Crippen LogP contribution in [0.1, 0.15) is 79.6 Å². The number of piperazine rings is 2. The lowest BCUT2D eigenvalue weighted by Gasteiger charge is -2.38. The van der Waals surface area contributed by atoms with Crippen LogP contribution < -0.4 is 45.0 Å². The van der Waals surface area contributed by atoms with Gasteiger partial charge in [-0.25, -0.2) is 34.3 Å². The first-order valence-electron chi connectivity index (χ1n) is 31.1. The molecule has 0 saturated carbocycles. The Morgan fingerprint density at radius 1 is 0.588 bits per heavy atom. The number of carbonyl (C=O) groups excluding carboxylic acids is 5. The fourth-order valence-electron chi connectivity index (χ4n) is 12.6. The topological polar surface area (TPSA) is 223 Å². The average Bonchev–Trinajstić information content (AvgIpc) is 1.67. The Balaban J connectivity index is 0.000000225. The largest absolute Gasteiger partial charge is 0.477 e. The number of urea groups is 2. The average molecular weight is 1430 g/mol. The number of ether oxygens (including phenoxy) is 3. The summed E-state index contributed by atoms with van der Waals surface area (Å²) in [5.74, 6) is -0.0404. The molecular weight excluding hydrogens is 1360 g/mol. The molecule has 6 aromatic rings. The lowest BCUT2D eigenvalue weighted by molar-refractivity contribution is -0.137. The fourth-order valence-corrected chi connectivity index (χ4v) is 12.9. The zero-order valence-corrected chi connectivity index (χ0v) is 56.5. The van der Waals surface area contributed by atoms with Crippen LogP contribution in [0.25, 0.3) is 22.5 Å². The zero-order valence-electron chi connectivity index (χ0n) is 53.4. The molecular formula is C65H72Cl4F6N14O8. The Morgan fingerprint density at radius 3 is 1.46 bits per heavy atom. The first-order chi connectivity index (χ1) is 45.3. The Hall–Kier alpha value is -8.31. The van der Waals surface area contributed by atoms with Crippen LogP contribution in [0.2, 0.25) is 10.0 Å². The third kappa shape index (κ3) is 16.3. The van der Waals surface area contributed by atoms with Crippen LogP contribution >= 0.6 is 48.0 Å². The fraction of sp³-hybridized carbons (Fsp3) is 0.431. The van der Waals surface area contributed by atoms with Crippen molar-refractivity contribution in [2.75, 3.05) is 111 Å². The second-order valence-corrected chi connectivity index (χ2v) is 25.3. The van der Waals surface area contributed by atoms with Crippen LogP contribution in [0.5, 0.6) is 11.8 Å². The van der Waals surface area contributed by atoms with Crippen molar-refractivity contribution in [2.45, 2.75) is 89.6 Å². The van der Waals surface area contributed by atoms with Gasteiger partial charge < -0.3 is 54.7 Å². The molecule has 4 aromatic heterocycles. The smallest absolute Gasteiger partial charge is 0.418 e. The number of pyridine rings is 4. The van der Waals surface area contributed by atoms with E-state index < -0.39 is 65.2 Å². The summed E-state index contributed by atoms with van der Waals surface area (Å²) in [7, 11) is 0. The molecule has 6 saturated heterocycles. The quantitative estimate of drug-likeness (QED) is 0.0863. The van der Waals surface area contributed by atoms with Crippen molar-refractivity contribution in [3.63, 3.8) is 0 Å². The molecule has 6 fully saturated rings. The van der Waals surface area contributed by atoms with E-state index in [-0.39, 0.29) is 115 Å². The van der Waals surface area contributed by atoms with Gasteiger partial charge in [-0.3, -0.25) is 19.4 Å². The molecule has 2 aromatic carbocycles. The van der Waals surface area contributed by atoms with Crippen LogP contribution in [0.4, 0.5) is 63.5 Å². The SMILES string of the molecule is CCOc1ncccc1-c1ccc(N2CCN3C(=O)N(c4ccc(Cl)cc4C(F)(F)F)C[C@@H]3C2)c(C(=O)NC2CCN(C(=O)OC(C)(C)C)C2)n1.CCOc1ncccc1-c1ccc(N2CCN3C(=O)N(c4ccc(Cl)cc4C(F)(F)F)C[C@@H]3C2)c(C(=O)NC2CCNC2)n1.Cl.Cl. The van der Waals surface area contributed by atoms with E-state index in [0.29, 0.717) is 98.0 Å². The Bertz CT molecular complexity index is 3890. The van der Waals surface area contributed by atoms with Gasteiger partial charge in [-0.15, -0.1) is 24.8 Å². The lowest BCUT2D eigenvalue weighted by atomic mass is 10.1. The van der Waals surface area contributed by atoms with E-state index in [1.807, 2.05) is 35.8 Å². The molecule has 7 amide bonds. The number of likely N-dealkylation sites (tertiary alicyclic amines) is 1. The molecule has 0 aliphatic carbocycles. The molecule has 3 N–H and O–H groups in total. The Labute approximate surface area is 578 Å². The number of carbonyl (C=O) groups is 5. The van der Waals surface area contributed by atoms with E-state index in [1.165, 1.54) is 24.3 Å². The van der Waals surface area contributed by atoms with Gasteiger partial charge in [0.1, 0.15) is 5.60 Å². The molecule has 0 bridgehead atoms. The monoisotopic (exact) mass is 1430 g/mol. The molecule has 6 aliphatic rings. The summed E-state index contributed by atoms with van der Waals surface area (Å²) in [5.41, 5.74) is 0.487. The predicted molar refractivity (Wildman–Crippen MR) is 358 cm³/mol. The first kappa shape index (κ1) is 72.9. The minimum atomic E-state index is -4.72. The number of benzene rings is 2. The lowest BCUT2D eigenvalue weighted by Crippen LogP contribution is -2.52. The van der Waals surface area contributed by atoms with Crippen molar-refractivity contribution in [2.24, 2.45) is 0 Å². The van der Waals surface area contributed by atoms with E-state index in [2.05, 4.69) is 25.9 Å². The van der Waals surface area contributed by atoms with Crippen molar-refractivity contribution < 1.29 is 64.5 Å². The normalized spacial score (nSPS) is 19.3. The highest BCUT2D eigenvalue weighted by atomic mass is 35.5. The highest BCUT2D eigenvalue weighted by Crippen LogP contribution is 2.43. The number of hydrogen-bond acceptors (Lipinski definition) is 15. The van der Waals surface area contributed by atoms with Gasteiger partial charge in [0.15, 0.2) is 11.4 Å². The number of nitrogens with one attached hydrogen (secondary N) is 3. The molecule has 10 heterocycles. The molecule has 12 rings (SSSR count). The molecule has 97 heavy (non-hydrogen) atoms. The number of rotatable bonds is 14. The molecule has 6 aliphatic heterocycles. The maximum Gasteiger partial charge on any atom is 0.418 e. The maximum absolute atomic E-state index is 14.1. The van der Waals surface area contributed by atoms with Gasteiger partial charge in [0.25, 0.3) is 11.8 Å². The molecule has 2 unspecified atom stereocenters. The second-order valence-electron chi connectivity index (χ2n) is 24.4. The zero-order chi connectivity index (χ0) is 67.7. The van der Waals surface area contributed by atoms with Crippen LogP contribution in [0, 0.1) is 0 Å². The standard InChI is InChI=1S/C35H39ClF3N7O5.C30H31ClF3N7O3.2ClH/c1-5-50-31-24(7-6-13-40-31)26-9-11-28(29(42-26)30(47)41-22-12-14-44(18-22)33(49)51-34(2,3)4)43-15-16-45-23(19-43)20-46(32(45)48)27-10-8-21(36)17-25(27)35(37,38)39;1-2-44-28-21(4-3-10-36-28)23-6-8-25(26(38-23)27(42)37-19-9-11-35-15-19)39-12-13-40-20(16-39)17-41(29(40)43)24-7-5-18(31)14-22(24)30(32,33)34;;/h6-11,13,17,22-23H,5,12,14-16,18-20H2,1-4H3,(H,41,47);3-8,10,14,19-20,35H,2,9,11-13,15-17H2,1H3,(H,37,42);2*1H/t22?,23-;19?,20-;;/m00../s1. The maximum atomic E-state index is 14.1. The van der Waals surface area contributed by atoms with Gasteiger partial charge in [-0.1, -0.05) is 23.2 Å². The summed E-state index contributed by atoms with van der Waals surface area (Å²) in [6.07, 6.45) is -5.33. The van der Waals surface area contributed by atoms with Crippen LogP contribution in [0.3, 0.4) is 0 Å². The van der Waals surface area contributed by atoms with Crippen LogP contribution in [-0.4, -0.2) is 186 Å². The van der Waals surface area contributed by atoms with Gasteiger partial charge in [-0.2, -0.15) is 26.3 Å². The van der Waals surface area contributed by atoms with E-state index in [0.717, 1.165) is 34.9 Å². The summed E-state index contributed by atoms with van der Waals surface area (Å²) in [6.45, 7) is 13.7. The Kier molecular flexibility index (Phi) is 22.7. The summed E-state index contributed by atoms with van der Waals surface area (Å²) in [5, 5.41) is 9.20. The van der Waals surface area contributed by atoms with E-state index in [9.17, 15) is 50.3 Å². The van der Waals surface area contributed by atoms with E-state index in [4.69, 9.17) is 47.4 Å². The third-order valence-electron chi connectivity index (χ3n) is 16.9. The van der Waals surface area contributed by atoms with Gasteiger partial charge in [0.2, 0.25) is 11.8 Å². The number of alkyl halides is 6. The second kappa shape index (κ2) is 30.2. The van der Waals surface area contributed by atoms with E-state index >= 15 is 0 Å². The van der Waals surface area contributed by atoms with Crippen molar-refractivity contribution in [1.82, 2.24) is 50.6 Å². The molecule has 22 nitrogen and oxygen atoms in total. The molecule has 520 valence electrons. The van der Waals surface area contributed by atoms with Crippen molar-refractivity contribution in [1.29, 1.82) is 0 Å². The van der Waals surface area contributed by atoms with Gasteiger partial charge >= 0.3 is 30.5 Å². The van der Waals surface area contributed by atoms with Gasteiger partial charge in [0, 0.05) is 107 Å². The molecule has 4 atom stereocenters. The van der Waals surface area contributed by atoms with Crippen LogP contribution in [-0.2, 0) is 17.1 Å². The van der Waals surface area contributed by atoms with Crippen molar-refractivity contribution >= 4 is 101 Å². The molecule has 0 spiro atoms. The predicted octanol–water partition coefficient (Wildman–Crippen LogP) is 11.4. The van der Waals surface area contributed by atoms with Crippen molar-refractivity contribution in [3.05, 3.63) is 130 Å². The highest BCUT2D eigenvalue weighted by molar-refractivity contribution is 6.31. The third-order valence-corrected chi connectivity index (χ3v) is 17.4. The number of aromatic nitrogens is 4. The van der Waals surface area contributed by atoms with Crippen molar-refractivity contribution in [3.8, 4) is 34.3 Å². The number of hydrogen-bond donors (Lipinski definition) is 3. The highest BCUT2D eigenvalue weighted by Gasteiger charge is 2.48. The summed E-state index contributed by atoms with van der Waals surface area (Å²) in [4.78, 5) is 96.3.